The number of ether oxygens (including phenoxy) is 3. The summed E-state index contributed by atoms with van der Waals surface area (Å²) in [5.74, 6) is -0.296. The molecule has 0 fully saturated rings. The lowest BCUT2D eigenvalue weighted by atomic mass is 9.87. The molecular formula is C26H26FNO4. The van der Waals surface area contributed by atoms with Crippen LogP contribution in [0.3, 0.4) is 0 Å². The number of carbonyl (C=O) groups is 1. The van der Waals surface area contributed by atoms with Crippen LogP contribution in [0, 0.1) is 5.82 Å². The number of hydrogen-bond acceptors (Lipinski definition) is 5. The number of halogens is 1. The average Bonchev–Trinajstić information content (AvgIpc) is 2.79. The molecule has 4 rings (SSSR count). The van der Waals surface area contributed by atoms with Crippen LogP contribution in [-0.2, 0) is 16.1 Å². The normalized spacial score (nSPS) is 18.9. The number of anilines is 1. The predicted molar refractivity (Wildman–Crippen MR) is 120 cm³/mol. The van der Waals surface area contributed by atoms with Gasteiger partial charge in [0.05, 0.1) is 12.2 Å². The molecule has 5 nitrogen and oxygen atoms in total. The van der Waals surface area contributed by atoms with E-state index in [1.165, 1.54) is 24.3 Å². The van der Waals surface area contributed by atoms with Crippen molar-refractivity contribution in [2.24, 2.45) is 0 Å². The second kappa shape index (κ2) is 9.01. The second-order valence-corrected chi connectivity index (χ2v) is 8.26. The first-order valence-electron chi connectivity index (χ1n) is 10.5. The molecular weight excluding hydrogens is 409 g/mol. The van der Waals surface area contributed by atoms with Gasteiger partial charge in [0, 0.05) is 18.3 Å². The summed E-state index contributed by atoms with van der Waals surface area (Å²) < 4.78 is 31.8. The van der Waals surface area contributed by atoms with Crippen LogP contribution in [0.25, 0.3) is 0 Å². The molecule has 1 aliphatic heterocycles. The van der Waals surface area contributed by atoms with Gasteiger partial charge in [0.15, 0.2) is 6.10 Å². The van der Waals surface area contributed by atoms with E-state index < -0.39 is 29.6 Å². The molecule has 166 valence electrons. The lowest BCUT2D eigenvalue weighted by molar-refractivity contribution is -0.143. The Labute approximate surface area is 187 Å². The predicted octanol–water partition coefficient (Wildman–Crippen LogP) is 5.52. The van der Waals surface area contributed by atoms with E-state index in [9.17, 15) is 9.18 Å². The Morgan fingerprint density at radius 2 is 1.78 bits per heavy atom. The van der Waals surface area contributed by atoms with Gasteiger partial charge in [0.25, 0.3) is 0 Å². The van der Waals surface area contributed by atoms with E-state index in [1.807, 2.05) is 69.4 Å². The lowest BCUT2D eigenvalue weighted by Crippen LogP contribution is -2.51. The highest BCUT2D eigenvalue weighted by Crippen LogP contribution is 2.45. The smallest absolute Gasteiger partial charge is 0.338 e. The number of benzene rings is 3. The maximum Gasteiger partial charge on any atom is 0.338 e. The molecule has 2 atom stereocenters. The van der Waals surface area contributed by atoms with Crippen molar-refractivity contribution in [2.75, 3.05) is 12.4 Å². The average molecular weight is 435 g/mol. The Kier molecular flexibility index (Phi) is 6.15. The number of carbonyl (C=O) groups excluding carboxylic acids is 1. The molecule has 2 unspecified atom stereocenters. The van der Waals surface area contributed by atoms with Crippen molar-refractivity contribution in [3.63, 3.8) is 0 Å². The standard InChI is InChI=1S/C26H26FNO4/c1-26(2)24(31-25(29)18-9-11-19(27)12-10-18)23(30-16-17-7-5-4-6-8-17)21-15-20(28-3)13-14-22(21)32-26/h4-15,23-24,28H,16H2,1-3H3. The van der Waals surface area contributed by atoms with Gasteiger partial charge in [-0.15, -0.1) is 0 Å². The third kappa shape index (κ3) is 4.60. The van der Waals surface area contributed by atoms with Crippen LogP contribution >= 0.6 is 0 Å². The Hall–Kier alpha value is -3.38. The minimum absolute atomic E-state index is 0.263. The minimum atomic E-state index is -0.856. The summed E-state index contributed by atoms with van der Waals surface area (Å²) in [7, 11) is 1.83. The van der Waals surface area contributed by atoms with E-state index in [2.05, 4.69) is 5.32 Å². The van der Waals surface area contributed by atoms with Gasteiger partial charge in [-0.1, -0.05) is 30.3 Å². The summed E-state index contributed by atoms with van der Waals surface area (Å²) in [5, 5.41) is 3.12. The summed E-state index contributed by atoms with van der Waals surface area (Å²) in [6.45, 7) is 4.07. The van der Waals surface area contributed by atoms with E-state index in [1.54, 1.807) is 0 Å². The molecule has 6 heteroatoms. The van der Waals surface area contributed by atoms with Crippen molar-refractivity contribution in [3.05, 3.63) is 95.3 Å². The summed E-state index contributed by atoms with van der Waals surface area (Å²) in [6, 6.07) is 20.8. The summed E-state index contributed by atoms with van der Waals surface area (Å²) in [4.78, 5) is 12.9. The molecule has 32 heavy (non-hydrogen) atoms. The largest absolute Gasteiger partial charge is 0.483 e. The van der Waals surface area contributed by atoms with E-state index in [0.29, 0.717) is 12.4 Å². The molecule has 0 aromatic heterocycles. The lowest BCUT2D eigenvalue weighted by Gasteiger charge is -2.43. The number of hydrogen-bond donors (Lipinski definition) is 1. The summed E-state index contributed by atoms with van der Waals surface area (Å²) in [5.41, 5.74) is 2.10. The zero-order valence-electron chi connectivity index (χ0n) is 18.3. The molecule has 0 spiro atoms. The quantitative estimate of drug-likeness (QED) is 0.517. The highest BCUT2D eigenvalue weighted by molar-refractivity contribution is 5.89. The highest BCUT2D eigenvalue weighted by atomic mass is 19.1. The van der Waals surface area contributed by atoms with Gasteiger partial charge in [0.2, 0.25) is 0 Å². The molecule has 0 amide bonds. The van der Waals surface area contributed by atoms with Crippen molar-refractivity contribution in [1.82, 2.24) is 0 Å². The Bertz CT molecular complexity index is 1080. The Morgan fingerprint density at radius 3 is 2.47 bits per heavy atom. The number of fused-ring (bicyclic) bond motifs is 1. The SMILES string of the molecule is CNc1ccc2c(c1)C(OCc1ccccc1)C(OC(=O)c1ccc(F)cc1)C(C)(C)O2. The topological polar surface area (TPSA) is 56.8 Å². The molecule has 1 N–H and O–H groups in total. The molecule has 0 bridgehead atoms. The van der Waals surface area contributed by atoms with Crippen LogP contribution in [0.4, 0.5) is 10.1 Å². The molecule has 0 radical (unpaired) electrons. The number of esters is 1. The van der Waals surface area contributed by atoms with Gasteiger partial charge in [-0.2, -0.15) is 0 Å². The van der Waals surface area contributed by atoms with Crippen LogP contribution in [0.5, 0.6) is 5.75 Å². The monoisotopic (exact) mass is 435 g/mol. The summed E-state index contributed by atoms with van der Waals surface area (Å²) >= 11 is 0. The van der Waals surface area contributed by atoms with Crippen LogP contribution in [0.1, 0.15) is 41.4 Å². The first kappa shape index (κ1) is 21.8. The van der Waals surface area contributed by atoms with Crippen molar-refractivity contribution >= 4 is 11.7 Å². The molecule has 1 heterocycles. The molecule has 1 aliphatic rings. The van der Waals surface area contributed by atoms with Gasteiger partial charge < -0.3 is 19.5 Å². The highest BCUT2D eigenvalue weighted by Gasteiger charge is 2.47. The molecule has 0 saturated carbocycles. The van der Waals surface area contributed by atoms with Crippen LogP contribution < -0.4 is 10.1 Å². The van der Waals surface area contributed by atoms with E-state index in [0.717, 1.165) is 16.8 Å². The Balaban J connectivity index is 1.68. The van der Waals surface area contributed by atoms with Gasteiger partial charge in [-0.05, 0) is 61.9 Å². The molecule has 3 aromatic rings. The van der Waals surface area contributed by atoms with E-state index >= 15 is 0 Å². The maximum atomic E-state index is 13.3. The molecule has 0 saturated heterocycles. The third-order valence-electron chi connectivity index (χ3n) is 5.52. The minimum Gasteiger partial charge on any atom is -0.483 e. The number of nitrogens with one attached hydrogen (secondary N) is 1. The van der Waals surface area contributed by atoms with E-state index in [-0.39, 0.29) is 5.56 Å². The maximum absolute atomic E-state index is 13.3. The fourth-order valence-corrected chi connectivity index (χ4v) is 3.80. The van der Waals surface area contributed by atoms with Gasteiger partial charge >= 0.3 is 5.97 Å². The Morgan fingerprint density at radius 1 is 1.06 bits per heavy atom. The zero-order valence-corrected chi connectivity index (χ0v) is 18.3. The van der Waals surface area contributed by atoms with Crippen LogP contribution in [0.2, 0.25) is 0 Å². The molecule has 0 aliphatic carbocycles. The van der Waals surface area contributed by atoms with Crippen molar-refractivity contribution in [3.8, 4) is 5.75 Å². The van der Waals surface area contributed by atoms with Crippen LogP contribution in [-0.4, -0.2) is 24.7 Å². The zero-order chi connectivity index (χ0) is 22.7. The first-order chi connectivity index (χ1) is 15.4. The van der Waals surface area contributed by atoms with Gasteiger partial charge in [0.1, 0.15) is 23.3 Å². The first-order valence-corrected chi connectivity index (χ1v) is 10.5. The van der Waals surface area contributed by atoms with E-state index in [4.69, 9.17) is 14.2 Å². The second-order valence-electron chi connectivity index (χ2n) is 8.26. The van der Waals surface area contributed by atoms with Crippen molar-refractivity contribution < 1.29 is 23.4 Å². The fourth-order valence-electron chi connectivity index (χ4n) is 3.80. The van der Waals surface area contributed by atoms with Gasteiger partial charge in [-0.3, -0.25) is 0 Å². The van der Waals surface area contributed by atoms with Crippen molar-refractivity contribution in [1.29, 1.82) is 0 Å². The molecule has 3 aromatic carbocycles. The van der Waals surface area contributed by atoms with Crippen LogP contribution in [0.15, 0.2) is 72.8 Å². The third-order valence-corrected chi connectivity index (χ3v) is 5.52. The fraction of sp³-hybridized carbons (Fsp3) is 0.269. The van der Waals surface area contributed by atoms with Crippen molar-refractivity contribution in [2.45, 2.75) is 38.3 Å². The van der Waals surface area contributed by atoms with Gasteiger partial charge in [-0.25, -0.2) is 9.18 Å². The number of rotatable bonds is 6. The summed E-state index contributed by atoms with van der Waals surface area (Å²) in [6.07, 6.45) is -1.30.